The summed E-state index contributed by atoms with van der Waals surface area (Å²) in [5, 5.41) is 1.44. The monoisotopic (exact) mass is 330 g/mol. The van der Waals surface area contributed by atoms with Crippen LogP contribution in [0.1, 0.15) is 19.0 Å². The molecule has 0 aliphatic carbocycles. The Morgan fingerprint density at radius 2 is 1.87 bits per heavy atom. The maximum Gasteiger partial charge on any atom is 0.269 e. The standard InChI is InChI=1S/C17H18N2O3S/c1-3-10-22-16-8-9-17(15-7-5-4-6-14(15)16)23(20,21)19-11-13(2)18-12-19/h4-9,11-12H,3,10H2,1-2H3. The predicted molar refractivity (Wildman–Crippen MR) is 89.3 cm³/mol. The maximum atomic E-state index is 12.9. The van der Waals surface area contributed by atoms with Crippen LogP contribution < -0.4 is 4.74 Å². The third-order valence-electron chi connectivity index (χ3n) is 3.55. The average molecular weight is 330 g/mol. The van der Waals surface area contributed by atoms with Crippen molar-refractivity contribution in [2.75, 3.05) is 6.61 Å². The largest absolute Gasteiger partial charge is 0.493 e. The van der Waals surface area contributed by atoms with Crippen LogP contribution in [0.3, 0.4) is 0 Å². The third-order valence-corrected chi connectivity index (χ3v) is 5.22. The molecule has 0 spiro atoms. The second-order valence-corrected chi connectivity index (χ2v) is 7.12. The van der Waals surface area contributed by atoms with Crippen LogP contribution in [0.4, 0.5) is 0 Å². The van der Waals surface area contributed by atoms with Crippen molar-refractivity contribution >= 4 is 20.8 Å². The molecule has 1 aromatic heterocycles. The van der Waals surface area contributed by atoms with Gasteiger partial charge in [-0.2, -0.15) is 0 Å². The highest BCUT2D eigenvalue weighted by molar-refractivity contribution is 7.90. The highest BCUT2D eigenvalue weighted by Crippen LogP contribution is 2.32. The van der Waals surface area contributed by atoms with Gasteiger partial charge in [-0.1, -0.05) is 31.2 Å². The molecule has 0 aliphatic heterocycles. The summed E-state index contributed by atoms with van der Waals surface area (Å²) < 4.78 is 32.6. The topological polar surface area (TPSA) is 61.2 Å². The first kappa shape index (κ1) is 15.6. The van der Waals surface area contributed by atoms with Gasteiger partial charge in [-0.25, -0.2) is 17.4 Å². The maximum absolute atomic E-state index is 12.9. The average Bonchev–Trinajstić information content (AvgIpc) is 2.99. The van der Waals surface area contributed by atoms with E-state index in [4.69, 9.17) is 4.74 Å². The van der Waals surface area contributed by atoms with E-state index in [1.807, 2.05) is 25.1 Å². The number of aromatic nitrogens is 2. The van der Waals surface area contributed by atoms with E-state index in [1.165, 1.54) is 12.5 Å². The Labute approximate surface area is 135 Å². The summed E-state index contributed by atoms with van der Waals surface area (Å²) in [6.45, 7) is 4.38. The van der Waals surface area contributed by atoms with E-state index in [-0.39, 0.29) is 4.90 Å². The number of aryl methyl sites for hydroxylation is 1. The van der Waals surface area contributed by atoms with Gasteiger partial charge >= 0.3 is 0 Å². The van der Waals surface area contributed by atoms with Gasteiger partial charge in [-0.3, -0.25) is 0 Å². The second-order valence-electron chi connectivity index (χ2n) is 5.31. The summed E-state index contributed by atoms with van der Waals surface area (Å²) in [6.07, 6.45) is 3.72. The predicted octanol–water partition coefficient (Wildman–Crippen LogP) is 3.37. The molecule has 0 atom stereocenters. The van der Waals surface area contributed by atoms with Crippen LogP contribution >= 0.6 is 0 Å². The molecule has 0 radical (unpaired) electrons. The number of hydrogen-bond donors (Lipinski definition) is 0. The zero-order valence-corrected chi connectivity index (χ0v) is 13.9. The lowest BCUT2D eigenvalue weighted by Gasteiger charge is -2.13. The fourth-order valence-corrected chi connectivity index (χ4v) is 3.84. The van der Waals surface area contributed by atoms with E-state index >= 15 is 0 Å². The number of benzene rings is 2. The Kier molecular flexibility index (Phi) is 4.09. The molecule has 3 aromatic rings. The summed E-state index contributed by atoms with van der Waals surface area (Å²) in [6, 6.07) is 10.7. The fraction of sp³-hybridized carbons (Fsp3) is 0.235. The molecular weight excluding hydrogens is 312 g/mol. The number of nitrogens with zero attached hydrogens (tertiary/aromatic N) is 2. The Hall–Kier alpha value is -2.34. The van der Waals surface area contributed by atoms with Crippen molar-refractivity contribution in [1.82, 2.24) is 8.96 Å². The summed E-state index contributed by atoms with van der Waals surface area (Å²) in [5.41, 5.74) is 0.653. The molecule has 0 amide bonds. The van der Waals surface area contributed by atoms with Crippen molar-refractivity contribution in [3.8, 4) is 5.75 Å². The van der Waals surface area contributed by atoms with Crippen LogP contribution in [0, 0.1) is 6.92 Å². The first-order valence-corrected chi connectivity index (χ1v) is 8.88. The first-order chi connectivity index (χ1) is 11.0. The van der Waals surface area contributed by atoms with Gasteiger partial charge in [-0.15, -0.1) is 0 Å². The van der Waals surface area contributed by atoms with Crippen molar-refractivity contribution in [2.45, 2.75) is 25.2 Å². The highest BCUT2D eigenvalue weighted by Gasteiger charge is 2.21. The Morgan fingerprint density at radius 1 is 1.13 bits per heavy atom. The van der Waals surface area contributed by atoms with Gasteiger partial charge in [0.15, 0.2) is 0 Å². The quantitative estimate of drug-likeness (QED) is 0.719. The highest BCUT2D eigenvalue weighted by atomic mass is 32.2. The van der Waals surface area contributed by atoms with Crippen LogP contribution in [0.25, 0.3) is 10.8 Å². The zero-order chi connectivity index (χ0) is 16.4. The van der Waals surface area contributed by atoms with E-state index in [9.17, 15) is 8.42 Å². The second kappa shape index (κ2) is 6.04. The zero-order valence-electron chi connectivity index (χ0n) is 13.1. The van der Waals surface area contributed by atoms with E-state index in [0.29, 0.717) is 23.4 Å². The lowest BCUT2D eigenvalue weighted by Crippen LogP contribution is -2.11. The minimum absolute atomic E-state index is 0.245. The fourth-order valence-electron chi connectivity index (χ4n) is 2.45. The van der Waals surface area contributed by atoms with Gasteiger partial charge in [0, 0.05) is 17.0 Å². The molecule has 0 saturated heterocycles. The lowest BCUT2D eigenvalue weighted by molar-refractivity contribution is 0.321. The van der Waals surface area contributed by atoms with E-state index in [0.717, 1.165) is 15.8 Å². The minimum Gasteiger partial charge on any atom is -0.493 e. The van der Waals surface area contributed by atoms with Crippen molar-refractivity contribution in [3.63, 3.8) is 0 Å². The van der Waals surface area contributed by atoms with Crippen molar-refractivity contribution in [3.05, 3.63) is 54.6 Å². The Morgan fingerprint density at radius 3 is 2.52 bits per heavy atom. The van der Waals surface area contributed by atoms with E-state index in [2.05, 4.69) is 4.98 Å². The molecular formula is C17H18N2O3S. The van der Waals surface area contributed by atoms with Crippen LogP contribution in [0.15, 0.2) is 53.8 Å². The lowest BCUT2D eigenvalue weighted by atomic mass is 10.1. The molecule has 3 rings (SSSR count). The number of rotatable bonds is 5. The van der Waals surface area contributed by atoms with Crippen LogP contribution in [0.2, 0.25) is 0 Å². The van der Waals surface area contributed by atoms with Gasteiger partial charge in [0.1, 0.15) is 12.1 Å². The molecule has 0 N–H and O–H groups in total. The van der Waals surface area contributed by atoms with Crippen LogP contribution in [0.5, 0.6) is 5.75 Å². The molecule has 5 nitrogen and oxygen atoms in total. The SMILES string of the molecule is CCCOc1ccc(S(=O)(=O)n2cnc(C)c2)c2ccccc12. The van der Waals surface area contributed by atoms with Gasteiger partial charge < -0.3 is 4.74 Å². The van der Waals surface area contributed by atoms with Crippen LogP contribution in [-0.4, -0.2) is 24.0 Å². The number of ether oxygens (including phenoxy) is 1. The summed E-state index contributed by atoms with van der Waals surface area (Å²) >= 11 is 0. The molecule has 0 unspecified atom stereocenters. The molecule has 0 saturated carbocycles. The van der Waals surface area contributed by atoms with Crippen molar-refractivity contribution in [1.29, 1.82) is 0 Å². The van der Waals surface area contributed by atoms with Crippen molar-refractivity contribution in [2.24, 2.45) is 0 Å². The van der Waals surface area contributed by atoms with E-state index in [1.54, 1.807) is 25.1 Å². The first-order valence-electron chi connectivity index (χ1n) is 7.44. The molecule has 23 heavy (non-hydrogen) atoms. The third kappa shape index (κ3) is 2.82. The van der Waals surface area contributed by atoms with Crippen molar-refractivity contribution < 1.29 is 13.2 Å². The van der Waals surface area contributed by atoms with E-state index < -0.39 is 10.0 Å². The number of imidazole rings is 1. The van der Waals surface area contributed by atoms with Crippen LogP contribution in [-0.2, 0) is 10.0 Å². The van der Waals surface area contributed by atoms with Gasteiger partial charge in [0.05, 0.1) is 17.2 Å². The molecule has 0 aliphatic rings. The molecule has 0 fully saturated rings. The Bertz CT molecular complexity index is 945. The van der Waals surface area contributed by atoms with Gasteiger partial charge in [0.25, 0.3) is 10.0 Å². The summed E-state index contributed by atoms with van der Waals surface area (Å²) in [4.78, 5) is 4.25. The number of hydrogen-bond acceptors (Lipinski definition) is 4. The minimum atomic E-state index is -3.68. The smallest absolute Gasteiger partial charge is 0.269 e. The summed E-state index contributed by atoms with van der Waals surface area (Å²) in [5.74, 6) is 0.697. The molecule has 2 aromatic carbocycles. The molecule has 0 bridgehead atoms. The Balaban J connectivity index is 2.19. The van der Waals surface area contributed by atoms with Gasteiger partial charge in [-0.05, 0) is 25.5 Å². The molecule has 120 valence electrons. The molecule has 1 heterocycles. The van der Waals surface area contributed by atoms with Gasteiger partial charge in [0.2, 0.25) is 0 Å². The number of fused-ring (bicyclic) bond motifs is 1. The summed E-state index contributed by atoms with van der Waals surface area (Å²) in [7, 11) is -3.68. The molecule has 6 heteroatoms. The normalized spacial score (nSPS) is 11.7.